The summed E-state index contributed by atoms with van der Waals surface area (Å²) in [5.41, 5.74) is 0. The number of carbonyl (C=O) groups is 6. The second-order valence-corrected chi connectivity index (χ2v) is 44.1. The highest BCUT2D eigenvalue weighted by Crippen LogP contribution is 2.39. The van der Waals surface area contributed by atoms with Crippen LogP contribution in [0.4, 0.5) is 8.78 Å². The van der Waals surface area contributed by atoms with Gasteiger partial charge in [-0.25, -0.2) is 8.78 Å². The lowest BCUT2D eigenvalue weighted by Crippen LogP contribution is -2.17. The van der Waals surface area contributed by atoms with Gasteiger partial charge < -0.3 is 28.4 Å². The van der Waals surface area contributed by atoms with E-state index in [0.29, 0.717) is 44.5 Å². The predicted octanol–water partition coefficient (Wildman–Crippen LogP) is 26.4. The van der Waals surface area contributed by atoms with Gasteiger partial charge in [-0.15, -0.1) is 0 Å². The first kappa shape index (κ1) is 95.0. The highest BCUT2D eigenvalue weighted by molar-refractivity contribution is 9.11. The second kappa shape index (κ2) is 47.0. The third kappa shape index (κ3) is 29.2. The van der Waals surface area contributed by atoms with Crippen LogP contribution in [0.15, 0.2) is 359 Å². The Balaban J connectivity index is 0.000000181. The molecule has 0 amide bonds. The van der Waals surface area contributed by atoms with E-state index in [2.05, 4.69) is 176 Å². The zero-order valence-electron chi connectivity index (χ0n) is 63.2. The maximum Gasteiger partial charge on any atom is 0.324 e. The molecule has 0 aliphatic rings. The van der Waals surface area contributed by atoms with E-state index in [1.54, 1.807) is 114 Å². The Kier molecular flexibility index (Phi) is 37.8. The SMILES string of the molecule is CC(Br)C(=O)Oc1ccc([S+](c2ccc(Br)cc2)c2ccc(Br)cc2)cc1.CC(Br)C(=O)Oc1ccc([S+](c2ccc(Cl)cc2)c2ccc(Cl)cc2)cc1.CC(Br)C(=O)Oc1ccc([S+](c2ccc(F)cc2)c2ccc(F)cc2)cc1.CC(Br)C(=O)Oc1ccc([S+](c2ccc(OC(=O)C(C)Br)cc2)c2ccc(OC(=O)C(C)Br)cc2)cc1. The van der Waals surface area contributed by atoms with Crippen molar-refractivity contribution in [2.24, 2.45) is 0 Å². The molecule has 0 N–H and O–H groups in total. The molecular weight excluding hydrogens is 2150 g/mol. The number of carbonyl (C=O) groups excluding carboxylic acids is 6. The van der Waals surface area contributed by atoms with Crippen LogP contribution in [0.5, 0.6) is 34.5 Å². The van der Waals surface area contributed by atoms with E-state index in [0.717, 1.165) is 57.9 Å². The molecule has 12 aromatic rings. The number of hydrogen-bond donors (Lipinski definition) is 0. The Morgan fingerprint density at radius 3 is 0.483 bits per heavy atom. The molecular formula is C90H72Br8Cl2F2O12S4+4. The third-order valence-electron chi connectivity index (χ3n) is 15.9. The fourth-order valence-electron chi connectivity index (χ4n) is 10.1. The van der Waals surface area contributed by atoms with Gasteiger partial charge in [0.2, 0.25) is 0 Å². The fraction of sp³-hybridized carbons (Fsp3) is 0.133. The molecule has 6 atom stereocenters. The van der Waals surface area contributed by atoms with Crippen molar-refractivity contribution < 1.29 is 66.0 Å². The zero-order valence-corrected chi connectivity index (χ0v) is 80.7. The van der Waals surface area contributed by atoms with Crippen LogP contribution < -0.4 is 28.4 Å². The minimum Gasteiger partial charge on any atom is -0.426 e. The molecule has 0 aromatic heterocycles. The van der Waals surface area contributed by atoms with E-state index in [9.17, 15) is 37.5 Å². The number of ether oxygens (including phenoxy) is 6. The fourth-order valence-corrected chi connectivity index (χ4v) is 19.6. The molecule has 12 nitrogen and oxygen atoms in total. The van der Waals surface area contributed by atoms with Crippen LogP contribution in [-0.2, 0) is 72.3 Å². The summed E-state index contributed by atoms with van der Waals surface area (Å²) in [6.07, 6.45) is 0. The van der Waals surface area contributed by atoms with Gasteiger partial charge >= 0.3 is 35.8 Å². The summed E-state index contributed by atoms with van der Waals surface area (Å²) in [6.45, 7) is 10.3. The van der Waals surface area contributed by atoms with Gasteiger partial charge in [0.05, 0.1) is 43.6 Å². The van der Waals surface area contributed by atoms with E-state index in [1.807, 2.05) is 146 Å². The molecule has 6 unspecified atom stereocenters. The maximum absolute atomic E-state index is 13.3. The van der Waals surface area contributed by atoms with Crippen molar-refractivity contribution in [2.45, 2.75) is 129 Å². The van der Waals surface area contributed by atoms with E-state index < -0.39 is 41.1 Å². The van der Waals surface area contributed by atoms with Gasteiger partial charge in [0.15, 0.2) is 58.7 Å². The normalized spacial score (nSPS) is 12.7. The van der Waals surface area contributed by atoms with Gasteiger partial charge in [0, 0.05) is 19.0 Å². The Hall–Kier alpha value is -6.86. The standard InChI is InChI=1S/C27H24Br3O6S.C21H16Br3O2S.C21H16BrCl2O2S.C21H16BrF2O2S/c1-16(28)25(31)34-19-4-10-22(11-5-19)37(23-12-6-20(7-13-23)35-26(32)17(2)29)24-14-8-21(9-15-24)36-27(33)18(3)30;3*1-14(22)21(25)26-17-6-12-20(13-7-17)27(18-8-2-15(23)3-9-18)19-10-4-16(24)5-11-19/h4-18H,1-3H3;3*2-14H,1H3/q4*+1. The molecule has 12 aromatic carbocycles. The average molecular weight is 2220 g/mol. The number of alkyl halides is 6. The van der Waals surface area contributed by atoms with Gasteiger partial charge in [-0.2, -0.15) is 0 Å². The highest BCUT2D eigenvalue weighted by atomic mass is 79.9. The van der Waals surface area contributed by atoms with Crippen LogP contribution >= 0.6 is 151 Å². The lowest BCUT2D eigenvalue weighted by atomic mass is 10.3. The van der Waals surface area contributed by atoms with Crippen molar-refractivity contribution in [3.05, 3.63) is 322 Å². The topological polar surface area (TPSA) is 158 Å². The first-order valence-corrected chi connectivity index (χ1v) is 48.4. The van der Waals surface area contributed by atoms with Gasteiger partial charge in [-0.1, -0.05) is 151 Å². The maximum atomic E-state index is 13.3. The summed E-state index contributed by atoms with van der Waals surface area (Å²) in [4.78, 5) is 81.3. The molecule has 0 aliphatic carbocycles. The summed E-state index contributed by atoms with van der Waals surface area (Å²) in [6, 6.07) is 89.4. The largest absolute Gasteiger partial charge is 0.426 e. The van der Waals surface area contributed by atoms with Gasteiger partial charge in [0.1, 0.15) is 75.1 Å². The Labute approximate surface area is 773 Å². The van der Waals surface area contributed by atoms with Crippen LogP contribution in [0, 0.1) is 11.6 Å². The average Bonchev–Trinajstić information content (AvgIpc) is 0.835. The molecule has 0 fully saturated rings. The molecule has 0 saturated carbocycles. The smallest absolute Gasteiger partial charge is 0.324 e. The molecule has 0 aliphatic heterocycles. The number of rotatable bonds is 24. The summed E-state index contributed by atoms with van der Waals surface area (Å²) in [5.74, 6) is 0.0852. The zero-order chi connectivity index (χ0) is 85.3. The minimum absolute atomic E-state index is 0.252. The highest BCUT2D eigenvalue weighted by Gasteiger charge is 2.34. The number of esters is 6. The van der Waals surface area contributed by atoms with E-state index in [4.69, 9.17) is 51.6 Å². The van der Waals surface area contributed by atoms with Crippen molar-refractivity contribution in [1.29, 1.82) is 0 Å². The van der Waals surface area contributed by atoms with Crippen molar-refractivity contribution in [2.75, 3.05) is 0 Å². The Morgan fingerprint density at radius 2 is 0.347 bits per heavy atom. The van der Waals surface area contributed by atoms with Crippen LogP contribution in [0.25, 0.3) is 0 Å². The van der Waals surface area contributed by atoms with Crippen molar-refractivity contribution in [1.82, 2.24) is 0 Å². The molecule has 0 radical (unpaired) electrons. The van der Waals surface area contributed by atoms with E-state index >= 15 is 0 Å². The second-order valence-electron chi connectivity index (χ2n) is 25.0. The van der Waals surface area contributed by atoms with Crippen LogP contribution in [0.3, 0.4) is 0 Å². The van der Waals surface area contributed by atoms with Gasteiger partial charge in [-0.05, 0) is 333 Å². The molecule has 608 valence electrons. The first-order chi connectivity index (χ1) is 56.4. The Morgan fingerprint density at radius 1 is 0.229 bits per heavy atom. The number of halogens is 12. The Bertz CT molecular complexity index is 4630. The van der Waals surface area contributed by atoms with Crippen molar-refractivity contribution in [3.8, 4) is 34.5 Å². The minimum atomic E-state index is -0.553. The van der Waals surface area contributed by atoms with E-state index in [1.165, 1.54) is 34.1 Å². The van der Waals surface area contributed by atoms with E-state index in [-0.39, 0.29) is 78.9 Å². The summed E-state index contributed by atoms with van der Waals surface area (Å²) < 4.78 is 60.9. The lowest BCUT2D eigenvalue weighted by Gasteiger charge is -2.11. The summed E-state index contributed by atoms with van der Waals surface area (Å²) in [5, 5.41) is 1.40. The molecule has 0 heterocycles. The summed E-state index contributed by atoms with van der Waals surface area (Å²) >= 11 is 38.4. The molecule has 12 rings (SSSR count). The van der Waals surface area contributed by atoms with Crippen LogP contribution in [0.2, 0.25) is 10.0 Å². The van der Waals surface area contributed by atoms with Crippen molar-refractivity contribution >= 4 is 230 Å². The third-order valence-corrected chi connectivity index (χ3v) is 28.6. The summed E-state index contributed by atoms with van der Waals surface area (Å²) in [7, 11) is -1.68. The van der Waals surface area contributed by atoms with Crippen LogP contribution in [-0.4, -0.2) is 64.8 Å². The van der Waals surface area contributed by atoms with Crippen LogP contribution in [0.1, 0.15) is 41.5 Å². The molecule has 0 saturated heterocycles. The number of benzene rings is 12. The molecule has 118 heavy (non-hydrogen) atoms. The monoisotopic (exact) mass is 2210 g/mol. The predicted molar refractivity (Wildman–Crippen MR) is 495 cm³/mol. The molecule has 28 heteroatoms. The van der Waals surface area contributed by atoms with Gasteiger partial charge in [-0.3, -0.25) is 28.8 Å². The van der Waals surface area contributed by atoms with Crippen molar-refractivity contribution in [3.63, 3.8) is 0 Å². The molecule has 0 bridgehead atoms. The quantitative estimate of drug-likeness (QED) is 0.0244. The number of hydrogen-bond acceptors (Lipinski definition) is 12. The lowest BCUT2D eigenvalue weighted by molar-refractivity contribution is -0.134. The molecule has 0 spiro atoms. The first-order valence-electron chi connectivity index (χ1n) is 35.6. The van der Waals surface area contributed by atoms with Gasteiger partial charge in [0.25, 0.3) is 0 Å².